The molecule has 0 aliphatic carbocycles. The van der Waals surface area contributed by atoms with Crippen LogP contribution < -0.4 is 5.56 Å². The van der Waals surface area contributed by atoms with Crippen LogP contribution in [0.25, 0.3) is 11.5 Å². The van der Waals surface area contributed by atoms with Gasteiger partial charge in [0, 0.05) is 50.8 Å². The predicted molar refractivity (Wildman–Crippen MR) is 87.9 cm³/mol. The van der Waals surface area contributed by atoms with E-state index in [-0.39, 0.29) is 5.56 Å². The summed E-state index contributed by atoms with van der Waals surface area (Å²) in [6.07, 6.45) is 9.10. The molecular weight excluding hydrogens is 304 g/mol. The Hall–Kier alpha value is -2.93. The van der Waals surface area contributed by atoms with Crippen molar-refractivity contribution in [2.45, 2.75) is 19.5 Å². The van der Waals surface area contributed by atoms with Gasteiger partial charge in [-0.1, -0.05) is 0 Å². The van der Waals surface area contributed by atoms with Crippen molar-refractivity contribution in [1.82, 2.24) is 29.8 Å². The van der Waals surface area contributed by atoms with Crippen LogP contribution in [-0.2, 0) is 19.5 Å². The monoisotopic (exact) mass is 320 g/mol. The van der Waals surface area contributed by atoms with E-state index in [4.69, 9.17) is 0 Å². The Morgan fingerprint density at radius 3 is 2.79 bits per heavy atom. The third-order valence-electron chi connectivity index (χ3n) is 4.11. The average molecular weight is 320 g/mol. The Morgan fingerprint density at radius 2 is 2.00 bits per heavy atom. The first kappa shape index (κ1) is 14.6. The Morgan fingerprint density at radius 1 is 1.12 bits per heavy atom. The molecule has 7 heteroatoms. The number of aromatic nitrogens is 5. The van der Waals surface area contributed by atoms with E-state index in [2.05, 4.69) is 29.8 Å². The Labute approximate surface area is 138 Å². The molecule has 0 spiro atoms. The van der Waals surface area contributed by atoms with E-state index in [0.29, 0.717) is 18.1 Å². The summed E-state index contributed by atoms with van der Waals surface area (Å²) in [5.74, 6) is 0.481. The van der Waals surface area contributed by atoms with Gasteiger partial charge in [0.15, 0.2) is 5.82 Å². The van der Waals surface area contributed by atoms with Crippen molar-refractivity contribution in [3.8, 4) is 11.5 Å². The maximum absolute atomic E-state index is 12.5. The van der Waals surface area contributed by atoms with E-state index >= 15 is 0 Å². The van der Waals surface area contributed by atoms with E-state index in [9.17, 15) is 4.79 Å². The van der Waals surface area contributed by atoms with Crippen molar-refractivity contribution in [1.29, 1.82) is 0 Å². The maximum Gasteiger partial charge on any atom is 0.255 e. The van der Waals surface area contributed by atoms with E-state index in [0.717, 1.165) is 30.8 Å². The van der Waals surface area contributed by atoms with Crippen molar-refractivity contribution in [2.75, 3.05) is 6.54 Å². The lowest BCUT2D eigenvalue weighted by Gasteiger charge is -2.27. The number of hydrogen-bond donors (Lipinski definition) is 1. The van der Waals surface area contributed by atoms with Gasteiger partial charge in [-0.05, 0) is 17.7 Å². The summed E-state index contributed by atoms with van der Waals surface area (Å²) in [4.78, 5) is 34.4. The summed E-state index contributed by atoms with van der Waals surface area (Å²) in [7, 11) is 0. The van der Waals surface area contributed by atoms with Gasteiger partial charge in [-0.3, -0.25) is 19.7 Å². The molecule has 4 rings (SSSR count). The average Bonchev–Trinajstić information content (AvgIpc) is 2.64. The number of nitrogens with one attached hydrogen (secondary N) is 1. The van der Waals surface area contributed by atoms with Gasteiger partial charge in [0.05, 0.1) is 17.5 Å². The molecular formula is C17H16N6O. The van der Waals surface area contributed by atoms with E-state index < -0.39 is 0 Å². The molecule has 0 saturated carbocycles. The fraction of sp³-hybridized carbons (Fsp3) is 0.235. The van der Waals surface area contributed by atoms with Crippen molar-refractivity contribution < 1.29 is 0 Å². The van der Waals surface area contributed by atoms with Crippen LogP contribution in [0, 0.1) is 0 Å². The lowest BCUT2D eigenvalue weighted by atomic mass is 10.1. The summed E-state index contributed by atoms with van der Waals surface area (Å²) >= 11 is 0. The van der Waals surface area contributed by atoms with Crippen LogP contribution in [-0.4, -0.2) is 36.4 Å². The molecule has 3 aromatic heterocycles. The summed E-state index contributed by atoms with van der Waals surface area (Å²) < 4.78 is 0. The van der Waals surface area contributed by atoms with Crippen molar-refractivity contribution >= 4 is 0 Å². The Bertz CT molecular complexity index is 894. The van der Waals surface area contributed by atoms with Crippen molar-refractivity contribution in [2.24, 2.45) is 0 Å². The normalized spacial score (nSPS) is 14.3. The quantitative estimate of drug-likeness (QED) is 0.780. The van der Waals surface area contributed by atoms with Gasteiger partial charge >= 0.3 is 0 Å². The van der Waals surface area contributed by atoms with Crippen molar-refractivity contribution in [3.63, 3.8) is 0 Å². The SMILES string of the molecule is O=c1[nH]c(-c2cnccn2)nc2c1CN(Cc1ccncc1)CC2. The predicted octanol–water partition coefficient (Wildman–Crippen LogP) is 1.18. The third-order valence-corrected chi connectivity index (χ3v) is 4.11. The zero-order chi connectivity index (χ0) is 16.4. The maximum atomic E-state index is 12.5. The first-order valence-electron chi connectivity index (χ1n) is 7.79. The molecule has 0 radical (unpaired) electrons. The van der Waals surface area contributed by atoms with Gasteiger partial charge in [-0.2, -0.15) is 0 Å². The van der Waals surface area contributed by atoms with E-state index in [1.807, 2.05) is 12.1 Å². The van der Waals surface area contributed by atoms with Gasteiger partial charge in [0.2, 0.25) is 0 Å². The molecule has 4 heterocycles. The number of pyridine rings is 1. The second-order valence-electron chi connectivity index (χ2n) is 5.75. The summed E-state index contributed by atoms with van der Waals surface area (Å²) in [6, 6.07) is 3.99. The molecule has 0 saturated heterocycles. The third kappa shape index (κ3) is 2.93. The highest BCUT2D eigenvalue weighted by molar-refractivity contribution is 5.47. The van der Waals surface area contributed by atoms with Crippen LogP contribution in [0.5, 0.6) is 0 Å². The molecule has 0 unspecified atom stereocenters. The molecule has 0 bridgehead atoms. The smallest absolute Gasteiger partial charge is 0.255 e. The Kier molecular flexibility index (Phi) is 3.84. The lowest BCUT2D eigenvalue weighted by Crippen LogP contribution is -2.35. The number of nitrogens with zero attached hydrogens (tertiary/aromatic N) is 5. The standard InChI is InChI=1S/C17H16N6O/c24-17-13-11-23(10-12-1-4-18-5-2-12)8-3-14(13)21-16(22-17)15-9-19-6-7-20-15/h1-2,4-7,9H,3,8,10-11H2,(H,21,22,24). The minimum absolute atomic E-state index is 0.0971. The summed E-state index contributed by atoms with van der Waals surface area (Å²) in [6.45, 7) is 2.26. The second-order valence-corrected chi connectivity index (χ2v) is 5.75. The minimum Gasteiger partial charge on any atom is -0.305 e. The molecule has 0 fully saturated rings. The number of fused-ring (bicyclic) bond motifs is 1. The molecule has 1 aliphatic heterocycles. The second kappa shape index (κ2) is 6.29. The highest BCUT2D eigenvalue weighted by Gasteiger charge is 2.21. The molecule has 7 nitrogen and oxygen atoms in total. The summed E-state index contributed by atoms with van der Waals surface area (Å²) in [5.41, 5.74) is 3.26. The van der Waals surface area contributed by atoms with Gasteiger partial charge < -0.3 is 4.98 Å². The van der Waals surface area contributed by atoms with Crippen LogP contribution >= 0.6 is 0 Å². The lowest BCUT2D eigenvalue weighted by molar-refractivity contribution is 0.242. The molecule has 0 aromatic carbocycles. The molecule has 3 aromatic rings. The fourth-order valence-corrected chi connectivity index (χ4v) is 2.90. The zero-order valence-electron chi connectivity index (χ0n) is 13.0. The first-order valence-corrected chi connectivity index (χ1v) is 7.79. The molecule has 0 atom stereocenters. The molecule has 1 N–H and O–H groups in total. The van der Waals surface area contributed by atoms with Crippen LogP contribution in [0.1, 0.15) is 16.8 Å². The topological polar surface area (TPSA) is 87.7 Å². The first-order chi connectivity index (χ1) is 11.8. The van der Waals surface area contributed by atoms with Gasteiger partial charge in [0.25, 0.3) is 5.56 Å². The number of rotatable bonds is 3. The van der Waals surface area contributed by atoms with Gasteiger partial charge in [-0.15, -0.1) is 0 Å². The highest BCUT2D eigenvalue weighted by Crippen LogP contribution is 2.18. The molecule has 0 amide bonds. The number of hydrogen-bond acceptors (Lipinski definition) is 6. The fourth-order valence-electron chi connectivity index (χ4n) is 2.90. The Balaban J connectivity index is 1.60. The zero-order valence-corrected chi connectivity index (χ0v) is 13.0. The van der Waals surface area contributed by atoms with Crippen molar-refractivity contribution in [3.05, 3.63) is 70.3 Å². The number of H-pyrrole nitrogens is 1. The van der Waals surface area contributed by atoms with Crippen LogP contribution in [0.3, 0.4) is 0 Å². The molecule has 1 aliphatic rings. The number of aromatic amines is 1. The molecule has 24 heavy (non-hydrogen) atoms. The largest absolute Gasteiger partial charge is 0.305 e. The van der Waals surface area contributed by atoms with Gasteiger partial charge in [0.1, 0.15) is 5.69 Å². The minimum atomic E-state index is -0.0971. The van der Waals surface area contributed by atoms with E-state index in [1.54, 1.807) is 31.0 Å². The van der Waals surface area contributed by atoms with Crippen LogP contribution in [0.15, 0.2) is 47.9 Å². The molecule has 120 valence electrons. The summed E-state index contributed by atoms with van der Waals surface area (Å²) in [5, 5.41) is 0. The van der Waals surface area contributed by atoms with Crippen LogP contribution in [0.2, 0.25) is 0 Å². The van der Waals surface area contributed by atoms with Crippen LogP contribution in [0.4, 0.5) is 0 Å². The van der Waals surface area contributed by atoms with E-state index in [1.165, 1.54) is 5.56 Å². The highest BCUT2D eigenvalue weighted by atomic mass is 16.1. The van der Waals surface area contributed by atoms with Gasteiger partial charge in [-0.25, -0.2) is 9.97 Å².